The van der Waals surface area contributed by atoms with Crippen LogP contribution in [0.5, 0.6) is 0 Å². The minimum absolute atomic E-state index is 0.130. The van der Waals surface area contributed by atoms with Gasteiger partial charge in [-0.25, -0.2) is 9.67 Å². The number of aromatic nitrogens is 5. The van der Waals surface area contributed by atoms with Crippen molar-refractivity contribution >= 4 is 23.5 Å². The number of para-hydroxylation sites is 1. The monoisotopic (exact) mass is 416 g/mol. The lowest BCUT2D eigenvalue weighted by atomic mass is 10.2. The normalized spacial score (nSPS) is 13.3. The molecule has 0 atom stereocenters. The molecule has 150 valence electrons. The Kier molecular flexibility index (Phi) is 5.06. The van der Waals surface area contributed by atoms with E-state index in [9.17, 15) is 4.79 Å². The van der Waals surface area contributed by atoms with Gasteiger partial charge in [0.1, 0.15) is 11.6 Å². The lowest BCUT2D eigenvalue weighted by Gasteiger charge is -2.08. The second kappa shape index (κ2) is 8.16. The van der Waals surface area contributed by atoms with Crippen LogP contribution >= 0.6 is 11.8 Å². The third-order valence-corrected chi connectivity index (χ3v) is 5.67. The summed E-state index contributed by atoms with van der Waals surface area (Å²) in [6, 6.07) is 21.6. The summed E-state index contributed by atoms with van der Waals surface area (Å²) in [6.45, 7) is 0. The van der Waals surface area contributed by atoms with Gasteiger partial charge in [-0.2, -0.15) is 5.10 Å². The number of nitrogens with one attached hydrogen (secondary N) is 2. The van der Waals surface area contributed by atoms with E-state index in [0.717, 1.165) is 35.6 Å². The summed E-state index contributed by atoms with van der Waals surface area (Å²) in [6.07, 6.45) is 2.32. The van der Waals surface area contributed by atoms with E-state index < -0.39 is 0 Å². The second-order valence-corrected chi connectivity index (χ2v) is 8.09. The van der Waals surface area contributed by atoms with Gasteiger partial charge in [0, 0.05) is 17.5 Å². The van der Waals surface area contributed by atoms with E-state index in [1.54, 1.807) is 4.68 Å². The summed E-state index contributed by atoms with van der Waals surface area (Å²) >= 11 is 1.32. The van der Waals surface area contributed by atoms with Crippen molar-refractivity contribution in [3.8, 4) is 16.9 Å². The van der Waals surface area contributed by atoms with Crippen LogP contribution in [0.3, 0.4) is 0 Å². The fourth-order valence-electron chi connectivity index (χ4n) is 3.16. The highest BCUT2D eigenvalue weighted by molar-refractivity contribution is 7.99. The summed E-state index contributed by atoms with van der Waals surface area (Å²) in [5.41, 5.74) is 2.67. The highest BCUT2D eigenvalue weighted by Gasteiger charge is 2.27. The summed E-state index contributed by atoms with van der Waals surface area (Å²) in [5, 5.41) is 15.5. The first-order valence-electron chi connectivity index (χ1n) is 9.82. The first kappa shape index (κ1) is 18.6. The summed E-state index contributed by atoms with van der Waals surface area (Å²) in [7, 11) is 0. The summed E-state index contributed by atoms with van der Waals surface area (Å²) in [5.74, 6) is 2.15. The molecule has 2 aromatic carbocycles. The Morgan fingerprint density at radius 3 is 2.57 bits per heavy atom. The van der Waals surface area contributed by atoms with Crippen molar-refractivity contribution in [3.63, 3.8) is 0 Å². The topological polar surface area (TPSA) is 88.5 Å². The molecule has 2 heterocycles. The predicted octanol–water partition coefficient (Wildman–Crippen LogP) is 4.27. The van der Waals surface area contributed by atoms with Crippen molar-refractivity contribution in [2.75, 3.05) is 11.1 Å². The third kappa shape index (κ3) is 4.13. The van der Waals surface area contributed by atoms with Crippen LogP contribution in [0.2, 0.25) is 0 Å². The maximum atomic E-state index is 12.6. The minimum atomic E-state index is -0.130. The SMILES string of the molecule is O=C(CSc1n[nH]c(C2CC2)n1)Nc1cc(-c2ccccc2)nn1-c1ccccc1. The van der Waals surface area contributed by atoms with Gasteiger partial charge in [0.15, 0.2) is 0 Å². The van der Waals surface area contributed by atoms with Gasteiger partial charge in [-0.05, 0) is 25.0 Å². The Bertz CT molecular complexity index is 1150. The Morgan fingerprint density at radius 2 is 1.83 bits per heavy atom. The molecular weight excluding hydrogens is 396 g/mol. The van der Waals surface area contributed by atoms with Crippen molar-refractivity contribution in [1.29, 1.82) is 0 Å². The fraction of sp³-hybridized carbons (Fsp3) is 0.182. The van der Waals surface area contributed by atoms with Gasteiger partial charge < -0.3 is 5.32 Å². The minimum Gasteiger partial charge on any atom is -0.310 e. The zero-order valence-corrected chi connectivity index (χ0v) is 17.0. The van der Waals surface area contributed by atoms with E-state index in [2.05, 4.69) is 20.5 Å². The van der Waals surface area contributed by atoms with Gasteiger partial charge in [0.2, 0.25) is 11.1 Å². The average molecular weight is 417 g/mol. The molecule has 0 aliphatic heterocycles. The Hall–Kier alpha value is -3.39. The number of benzene rings is 2. The van der Waals surface area contributed by atoms with Crippen LogP contribution < -0.4 is 5.32 Å². The summed E-state index contributed by atoms with van der Waals surface area (Å²) in [4.78, 5) is 17.1. The van der Waals surface area contributed by atoms with E-state index in [-0.39, 0.29) is 11.7 Å². The maximum Gasteiger partial charge on any atom is 0.236 e. The number of hydrogen-bond donors (Lipinski definition) is 2. The van der Waals surface area contributed by atoms with Gasteiger partial charge in [-0.1, -0.05) is 60.3 Å². The lowest BCUT2D eigenvalue weighted by molar-refractivity contribution is -0.113. The number of carbonyl (C=O) groups excluding carboxylic acids is 1. The number of hydrogen-bond acceptors (Lipinski definition) is 5. The van der Waals surface area contributed by atoms with Crippen LogP contribution in [-0.4, -0.2) is 36.6 Å². The van der Waals surface area contributed by atoms with E-state index in [0.29, 0.717) is 16.9 Å². The molecule has 0 unspecified atom stereocenters. The first-order chi connectivity index (χ1) is 14.8. The molecule has 1 fully saturated rings. The fourth-order valence-corrected chi connectivity index (χ4v) is 3.76. The highest BCUT2D eigenvalue weighted by atomic mass is 32.2. The molecule has 0 saturated heterocycles. The van der Waals surface area contributed by atoms with Crippen LogP contribution in [-0.2, 0) is 4.79 Å². The third-order valence-electron chi connectivity index (χ3n) is 4.83. The molecule has 0 bridgehead atoms. The van der Waals surface area contributed by atoms with Crippen LogP contribution in [0.15, 0.2) is 71.9 Å². The molecule has 7 nitrogen and oxygen atoms in total. The highest BCUT2D eigenvalue weighted by Crippen LogP contribution is 2.38. The summed E-state index contributed by atoms with van der Waals surface area (Å²) < 4.78 is 1.75. The van der Waals surface area contributed by atoms with Crippen molar-refractivity contribution in [1.82, 2.24) is 25.0 Å². The molecule has 1 amide bonds. The molecule has 0 spiro atoms. The molecule has 8 heteroatoms. The number of nitrogens with zero attached hydrogens (tertiary/aromatic N) is 4. The number of thioether (sulfide) groups is 1. The quantitative estimate of drug-likeness (QED) is 0.439. The number of rotatable bonds is 7. The number of H-pyrrole nitrogens is 1. The smallest absolute Gasteiger partial charge is 0.236 e. The van der Waals surface area contributed by atoms with Crippen molar-refractivity contribution in [2.45, 2.75) is 23.9 Å². The maximum absolute atomic E-state index is 12.6. The first-order valence-corrected chi connectivity index (χ1v) is 10.8. The molecule has 30 heavy (non-hydrogen) atoms. The van der Waals surface area contributed by atoms with Crippen LogP contribution in [0.4, 0.5) is 5.82 Å². The van der Waals surface area contributed by atoms with Gasteiger partial charge in [-0.15, -0.1) is 5.10 Å². The van der Waals surface area contributed by atoms with E-state index in [1.165, 1.54) is 11.8 Å². The van der Waals surface area contributed by atoms with E-state index >= 15 is 0 Å². The zero-order valence-electron chi connectivity index (χ0n) is 16.2. The molecule has 2 aromatic heterocycles. The van der Waals surface area contributed by atoms with E-state index in [4.69, 9.17) is 5.10 Å². The Labute approximate surface area is 177 Å². The van der Waals surface area contributed by atoms with Crippen LogP contribution in [0, 0.1) is 0 Å². The lowest BCUT2D eigenvalue weighted by Crippen LogP contribution is -2.17. The Balaban J connectivity index is 1.34. The zero-order chi connectivity index (χ0) is 20.3. The molecular formula is C22H20N6OS. The predicted molar refractivity (Wildman–Crippen MR) is 117 cm³/mol. The van der Waals surface area contributed by atoms with Gasteiger partial charge in [-0.3, -0.25) is 9.89 Å². The van der Waals surface area contributed by atoms with Gasteiger partial charge >= 0.3 is 0 Å². The number of amides is 1. The van der Waals surface area contributed by atoms with Crippen molar-refractivity contribution in [2.24, 2.45) is 0 Å². The largest absolute Gasteiger partial charge is 0.310 e. The molecule has 0 radical (unpaired) electrons. The molecule has 2 N–H and O–H groups in total. The van der Waals surface area contributed by atoms with E-state index in [1.807, 2.05) is 66.7 Å². The van der Waals surface area contributed by atoms with Crippen LogP contribution in [0.1, 0.15) is 24.6 Å². The van der Waals surface area contributed by atoms with Gasteiger partial charge in [0.05, 0.1) is 17.1 Å². The Morgan fingerprint density at radius 1 is 1.10 bits per heavy atom. The second-order valence-electron chi connectivity index (χ2n) is 7.14. The number of carbonyl (C=O) groups is 1. The average Bonchev–Trinajstić information content (AvgIpc) is 3.38. The number of aromatic amines is 1. The van der Waals surface area contributed by atoms with Crippen LogP contribution in [0.25, 0.3) is 16.9 Å². The molecule has 1 aliphatic carbocycles. The molecule has 1 saturated carbocycles. The van der Waals surface area contributed by atoms with Gasteiger partial charge in [0.25, 0.3) is 0 Å². The van der Waals surface area contributed by atoms with Crippen molar-refractivity contribution < 1.29 is 4.79 Å². The van der Waals surface area contributed by atoms with Crippen molar-refractivity contribution in [3.05, 3.63) is 72.6 Å². The number of anilines is 1. The molecule has 5 rings (SSSR count). The standard InChI is InChI=1S/C22H20N6OS/c29-20(14-30-22-24-21(25-26-22)16-11-12-16)23-19-13-18(15-7-3-1-4-8-15)27-28(19)17-9-5-2-6-10-17/h1-10,13,16H,11-12,14H2,(H,23,29)(H,24,25,26). The molecule has 4 aromatic rings. The molecule has 1 aliphatic rings.